The first-order chi connectivity index (χ1) is 8.70. The Morgan fingerprint density at radius 2 is 2.17 bits per heavy atom. The summed E-state index contributed by atoms with van der Waals surface area (Å²) in [6.45, 7) is 3.86. The summed E-state index contributed by atoms with van der Waals surface area (Å²) >= 11 is 0. The standard InChI is InChI=1S/C13H17N5/c1-9-6-12(10(2)18-17-9)13(16-14)7-11-4-3-5-15-8-11/h3-6,8,13,16H,7,14H2,1-2H3. The molecule has 2 heterocycles. The van der Waals surface area contributed by atoms with E-state index in [0.29, 0.717) is 0 Å². The van der Waals surface area contributed by atoms with E-state index in [2.05, 4.69) is 20.6 Å². The minimum absolute atomic E-state index is 0.0170. The topological polar surface area (TPSA) is 76.7 Å². The van der Waals surface area contributed by atoms with Crippen molar-refractivity contribution < 1.29 is 0 Å². The fourth-order valence-electron chi connectivity index (χ4n) is 1.94. The Morgan fingerprint density at radius 3 is 2.83 bits per heavy atom. The molecule has 0 aliphatic heterocycles. The van der Waals surface area contributed by atoms with E-state index in [1.165, 1.54) is 0 Å². The zero-order valence-corrected chi connectivity index (χ0v) is 10.6. The van der Waals surface area contributed by atoms with Crippen molar-refractivity contribution in [3.05, 3.63) is 53.1 Å². The summed E-state index contributed by atoms with van der Waals surface area (Å²) in [5.41, 5.74) is 6.84. The number of hydrazine groups is 1. The van der Waals surface area contributed by atoms with Gasteiger partial charge in [-0.05, 0) is 43.5 Å². The Bertz CT molecular complexity index is 512. The van der Waals surface area contributed by atoms with Gasteiger partial charge in [0.05, 0.1) is 17.4 Å². The fraction of sp³-hybridized carbons (Fsp3) is 0.308. The number of aryl methyl sites for hydroxylation is 2. The minimum atomic E-state index is 0.0170. The molecule has 2 aromatic rings. The molecule has 0 spiro atoms. The molecule has 0 saturated heterocycles. The number of aromatic nitrogens is 3. The molecule has 0 radical (unpaired) electrons. The van der Waals surface area contributed by atoms with E-state index >= 15 is 0 Å². The van der Waals surface area contributed by atoms with E-state index in [1.54, 1.807) is 6.20 Å². The van der Waals surface area contributed by atoms with Gasteiger partial charge in [-0.3, -0.25) is 16.3 Å². The number of nitrogens with zero attached hydrogens (tertiary/aromatic N) is 3. The number of rotatable bonds is 4. The van der Waals surface area contributed by atoms with Gasteiger partial charge in [0.15, 0.2) is 0 Å². The van der Waals surface area contributed by atoms with Crippen LogP contribution in [-0.2, 0) is 6.42 Å². The molecule has 2 aromatic heterocycles. The number of pyridine rings is 1. The van der Waals surface area contributed by atoms with E-state index in [0.717, 1.165) is 28.9 Å². The Morgan fingerprint density at radius 1 is 1.33 bits per heavy atom. The molecular formula is C13H17N5. The van der Waals surface area contributed by atoms with Gasteiger partial charge in [0, 0.05) is 12.4 Å². The lowest BCUT2D eigenvalue weighted by Crippen LogP contribution is -2.30. The van der Waals surface area contributed by atoms with Crippen LogP contribution in [0.1, 0.15) is 28.6 Å². The van der Waals surface area contributed by atoms with Gasteiger partial charge in [-0.15, -0.1) is 0 Å². The SMILES string of the molecule is Cc1cc(C(Cc2cccnc2)NN)c(C)nn1. The first kappa shape index (κ1) is 12.6. The first-order valence-corrected chi connectivity index (χ1v) is 5.86. The third kappa shape index (κ3) is 2.88. The molecule has 1 unspecified atom stereocenters. The van der Waals surface area contributed by atoms with Gasteiger partial charge < -0.3 is 0 Å². The van der Waals surface area contributed by atoms with Crippen molar-refractivity contribution >= 4 is 0 Å². The van der Waals surface area contributed by atoms with Crippen molar-refractivity contribution in [3.63, 3.8) is 0 Å². The van der Waals surface area contributed by atoms with Crippen LogP contribution in [0.4, 0.5) is 0 Å². The molecule has 0 bridgehead atoms. The summed E-state index contributed by atoms with van der Waals surface area (Å²) in [4.78, 5) is 4.11. The maximum Gasteiger partial charge on any atom is 0.0648 e. The summed E-state index contributed by atoms with van der Waals surface area (Å²) in [5.74, 6) is 5.65. The van der Waals surface area contributed by atoms with E-state index < -0.39 is 0 Å². The predicted molar refractivity (Wildman–Crippen MR) is 69.5 cm³/mol. The maximum atomic E-state index is 5.65. The highest BCUT2D eigenvalue weighted by Crippen LogP contribution is 2.19. The summed E-state index contributed by atoms with van der Waals surface area (Å²) in [6, 6.07) is 5.99. The first-order valence-electron chi connectivity index (χ1n) is 5.86. The molecule has 0 saturated carbocycles. The highest BCUT2D eigenvalue weighted by atomic mass is 15.2. The smallest absolute Gasteiger partial charge is 0.0648 e. The average molecular weight is 243 g/mol. The van der Waals surface area contributed by atoms with Crippen molar-refractivity contribution in [2.45, 2.75) is 26.3 Å². The number of hydrogen-bond acceptors (Lipinski definition) is 5. The van der Waals surface area contributed by atoms with Crippen molar-refractivity contribution in [1.29, 1.82) is 0 Å². The average Bonchev–Trinajstić information content (AvgIpc) is 2.40. The third-order valence-electron chi connectivity index (χ3n) is 2.88. The number of nitrogens with one attached hydrogen (secondary N) is 1. The van der Waals surface area contributed by atoms with Gasteiger partial charge in [0.25, 0.3) is 0 Å². The zero-order valence-electron chi connectivity index (χ0n) is 10.6. The Hall–Kier alpha value is -1.85. The van der Waals surface area contributed by atoms with E-state index in [9.17, 15) is 0 Å². The van der Waals surface area contributed by atoms with E-state index in [-0.39, 0.29) is 6.04 Å². The van der Waals surface area contributed by atoms with Crippen LogP contribution in [0.2, 0.25) is 0 Å². The molecular weight excluding hydrogens is 226 g/mol. The number of nitrogens with two attached hydrogens (primary N) is 1. The quantitative estimate of drug-likeness (QED) is 0.624. The summed E-state index contributed by atoms with van der Waals surface area (Å²) < 4.78 is 0. The van der Waals surface area contributed by atoms with Gasteiger partial charge in [0.2, 0.25) is 0 Å². The van der Waals surface area contributed by atoms with Gasteiger partial charge in [-0.2, -0.15) is 10.2 Å². The second-order valence-corrected chi connectivity index (χ2v) is 4.31. The molecule has 94 valence electrons. The Labute approximate surface area is 106 Å². The highest BCUT2D eigenvalue weighted by molar-refractivity contribution is 5.26. The molecule has 0 aromatic carbocycles. The molecule has 5 nitrogen and oxygen atoms in total. The van der Waals surface area contributed by atoms with Crippen LogP contribution in [0, 0.1) is 13.8 Å². The number of hydrogen-bond donors (Lipinski definition) is 2. The van der Waals surface area contributed by atoms with Crippen LogP contribution < -0.4 is 11.3 Å². The Kier molecular flexibility index (Phi) is 3.96. The van der Waals surface area contributed by atoms with E-state index in [1.807, 2.05) is 38.2 Å². The van der Waals surface area contributed by atoms with Gasteiger partial charge in [-0.1, -0.05) is 6.07 Å². The van der Waals surface area contributed by atoms with Crippen LogP contribution >= 0.6 is 0 Å². The molecule has 2 rings (SSSR count). The van der Waals surface area contributed by atoms with Crippen LogP contribution in [0.15, 0.2) is 30.6 Å². The summed E-state index contributed by atoms with van der Waals surface area (Å²) in [6.07, 6.45) is 4.38. The van der Waals surface area contributed by atoms with Crippen molar-refractivity contribution in [1.82, 2.24) is 20.6 Å². The van der Waals surface area contributed by atoms with Gasteiger partial charge >= 0.3 is 0 Å². The maximum absolute atomic E-state index is 5.65. The molecule has 0 aliphatic carbocycles. The van der Waals surface area contributed by atoms with Crippen LogP contribution in [0.5, 0.6) is 0 Å². The molecule has 0 fully saturated rings. The fourth-order valence-corrected chi connectivity index (χ4v) is 1.94. The van der Waals surface area contributed by atoms with E-state index in [4.69, 9.17) is 5.84 Å². The molecule has 1 atom stereocenters. The van der Waals surface area contributed by atoms with Crippen LogP contribution in [0.3, 0.4) is 0 Å². The molecule has 0 amide bonds. The monoisotopic (exact) mass is 243 g/mol. The second-order valence-electron chi connectivity index (χ2n) is 4.31. The van der Waals surface area contributed by atoms with Crippen molar-refractivity contribution in [3.8, 4) is 0 Å². The molecule has 18 heavy (non-hydrogen) atoms. The highest BCUT2D eigenvalue weighted by Gasteiger charge is 2.14. The largest absolute Gasteiger partial charge is 0.271 e. The minimum Gasteiger partial charge on any atom is -0.271 e. The Balaban J connectivity index is 2.26. The normalized spacial score (nSPS) is 12.4. The lowest BCUT2D eigenvalue weighted by Gasteiger charge is -2.18. The van der Waals surface area contributed by atoms with Gasteiger partial charge in [-0.25, -0.2) is 0 Å². The lowest BCUT2D eigenvalue weighted by atomic mass is 9.99. The molecule has 5 heteroatoms. The van der Waals surface area contributed by atoms with Gasteiger partial charge in [0.1, 0.15) is 0 Å². The zero-order chi connectivity index (χ0) is 13.0. The summed E-state index contributed by atoms with van der Waals surface area (Å²) in [7, 11) is 0. The van der Waals surface area contributed by atoms with Crippen molar-refractivity contribution in [2.24, 2.45) is 5.84 Å². The van der Waals surface area contributed by atoms with Crippen LogP contribution in [0.25, 0.3) is 0 Å². The van der Waals surface area contributed by atoms with Crippen LogP contribution in [-0.4, -0.2) is 15.2 Å². The lowest BCUT2D eigenvalue weighted by molar-refractivity contribution is 0.543. The van der Waals surface area contributed by atoms with Crippen molar-refractivity contribution in [2.75, 3.05) is 0 Å². The predicted octanol–water partition coefficient (Wildman–Crippen LogP) is 1.24. The second kappa shape index (κ2) is 5.66. The third-order valence-corrected chi connectivity index (χ3v) is 2.88. The summed E-state index contributed by atoms with van der Waals surface area (Å²) in [5, 5.41) is 8.16. The molecule has 3 N–H and O–H groups in total. The molecule has 0 aliphatic rings.